The predicted octanol–water partition coefficient (Wildman–Crippen LogP) is 2.30. The molecule has 0 aliphatic heterocycles. The van der Waals surface area contributed by atoms with Crippen LogP contribution in [0.3, 0.4) is 0 Å². The molecule has 0 spiro atoms. The number of benzene rings is 1. The summed E-state index contributed by atoms with van der Waals surface area (Å²) < 4.78 is 5.25. The molecule has 0 amide bonds. The van der Waals surface area contributed by atoms with Crippen LogP contribution in [-0.4, -0.2) is 44.8 Å². The van der Waals surface area contributed by atoms with Crippen molar-refractivity contribution in [3.8, 4) is 0 Å². The highest BCUT2D eigenvalue weighted by Crippen LogP contribution is 2.20. The van der Waals surface area contributed by atoms with Crippen molar-refractivity contribution in [2.24, 2.45) is 0 Å². The number of hydrogen-bond acceptors (Lipinski definition) is 3. The molecule has 0 heterocycles. The first kappa shape index (κ1) is 15.2. The lowest BCUT2D eigenvalue weighted by Crippen LogP contribution is -2.40. The van der Waals surface area contributed by atoms with E-state index in [1.54, 1.807) is 7.11 Å². The molecule has 2 unspecified atom stereocenters. The standard InChI is InChI=1S/C15H26N2O/c1-5-16-11-15(14-9-7-6-8-10-14)17(3)13(2)12-18-4/h6-10,13,15-16H,5,11-12H2,1-4H3. The average Bonchev–Trinajstić information content (AvgIpc) is 2.40. The molecule has 0 saturated carbocycles. The Hall–Kier alpha value is -0.900. The Bertz CT molecular complexity index is 316. The zero-order chi connectivity index (χ0) is 13.4. The molecule has 1 aromatic carbocycles. The molecular weight excluding hydrogens is 224 g/mol. The van der Waals surface area contributed by atoms with Gasteiger partial charge < -0.3 is 10.1 Å². The molecule has 0 bridgehead atoms. The van der Waals surface area contributed by atoms with Crippen LogP contribution in [-0.2, 0) is 4.74 Å². The van der Waals surface area contributed by atoms with Gasteiger partial charge in [-0.1, -0.05) is 37.3 Å². The van der Waals surface area contributed by atoms with Crippen molar-refractivity contribution in [2.75, 3.05) is 33.9 Å². The van der Waals surface area contributed by atoms with Gasteiger partial charge in [0.1, 0.15) is 0 Å². The van der Waals surface area contributed by atoms with Crippen LogP contribution >= 0.6 is 0 Å². The summed E-state index contributed by atoms with van der Waals surface area (Å²) in [5, 5.41) is 3.44. The van der Waals surface area contributed by atoms with Crippen LogP contribution in [0.2, 0.25) is 0 Å². The first-order chi connectivity index (χ1) is 8.70. The maximum absolute atomic E-state index is 5.25. The Labute approximate surface area is 111 Å². The summed E-state index contributed by atoms with van der Waals surface area (Å²) in [6.07, 6.45) is 0. The Balaban J connectivity index is 2.77. The van der Waals surface area contributed by atoms with Gasteiger partial charge in [-0.2, -0.15) is 0 Å². The lowest BCUT2D eigenvalue weighted by Gasteiger charge is -2.33. The molecule has 0 aromatic heterocycles. The van der Waals surface area contributed by atoms with Crippen molar-refractivity contribution in [1.29, 1.82) is 0 Å². The Kier molecular flexibility index (Phi) is 6.94. The number of ether oxygens (including phenoxy) is 1. The Morgan fingerprint density at radius 1 is 1.28 bits per heavy atom. The van der Waals surface area contributed by atoms with Crippen molar-refractivity contribution in [2.45, 2.75) is 25.9 Å². The third-order valence-electron chi connectivity index (χ3n) is 3.37. The maximum Gasteiger partial charge on any atom is 0.0615 e. The maximum atomic E-state index is 5.25. The second kappa shape index (κ2) is 8.25. The van der Waals surface area contributed by atoms with Crippen molar-refractivity contribution in [1.82, 2.24) is 10.2 Å². The fourth-order valence-corrected chi connectivity index (χ4v) is 2.12. The molecular formula is C15H26N2O. The molecule has 0 radical (unpaired) electrons. The van der Waals surface area contributed by atoms with E-state index in [9.17, 15) is 0 Å². The van der Waals surface area contributed by atoms with Crippen LogP contribution in [0.25, 0.3) is 0 Å². The molecule has 3 heteroatoms. The monoisotopic (exact) mass is 250 g/mol. The van der Waals surface area contributed by atoms with Crippen LogP contribution in [0.4, 0.5) is 0 Å². The van der Waals surface area contributed by atoms with Crippen molar-refractivity contribution in [3.63, 3.8) is 0 Å². The first-order valence-corrected chi connectivity index (χ1v) is 6.67. The summed E-state index contributed by atoms with van der Waals surface area (Å²) in [5.74, 6) is 0. The molecule has 3 nitrogen and oxygen atoms in total. The summed E-state index contributed by atoms with van der Waals surface area (Å²) in [7, 11) is 3.92. The number of nitrogens with one attached hydrogen (secondary N) is 1. The van der Waals surface area contributed by atoms with Gasteiger partial charge in [-0.05, 0) is 26.1 Å². The quantitative estimate of drug-likeness (QED) is 0.766. The van der Waals surface area contributed by atoms with E-state index in [2.05, 4.69) is 61.4 Å². The Morgan fingerprint density at radius 3 is 2.50 bits per heavy atom. The highest BCUT2D eigenvalue weighted by Gasteiger charge is 2.20. The highest BCUT2D eigenvalue weighted by atomic mass is 16.5. The summed E-state index contributed by atoms with van der Waals surface area (Å²) >= 11 is 0. The summed E-state index contributed by atoms with van der Waals surface area (Å²) in [5.41, 5.74) is 1.35. The van der Waals surface area contributed by atoms with E-state index in [1.807, 2.05) is 0 Å². The number of methoxy groups -OCH3 is 1. The van der Waals surface area contributed by atoms with Gasteiger partial charge in [-0.15, -0.1) is 0 Å². The number of nitrogens with zero attached hydrogens (tertiary/aromatic N) is 1. The predicted molar refractivity (Wildman–Crippen MR) is 76.8 cm³/mol. The van der Waals surface area contributed by atoms with E-state index in [0.717, 1.165) is 19.7 Å². The summed E-state index contributed by atoms with van der Waals surface area (Å²) in [4.78, 5) is 2.38. The average molecular weight is 250 g/mol. The van der Waals surface area contributed by atoms with Gasteiger partial charge in [0.2, 0.25) is 0 Å². The van der Waals surface area contributed by atoms with Crippen LogP contribution < -0.4 is 5.32 Å². The van der Waals surface area contributed by atoms with Gasteiger partial charge >= 0.3 is 0 Å². The molecule has 102 valence electrons. The molecule has 0 aliphatic carbocycles. The van der Waals surface area contributed by atoms with E-state index in [-0.39, 0.29) is 0 Å². The van der Waals surface area contributed by atoms with Crippen LogP contribution in [0.15, 0.2) is 30.3 Å². The number of rotatable bonds is 8. The number of hydrogen-bond donors (Lipinski definition) is 1. The minimum absolute atomic E-state index is 0.385. The van der Waals surface area contributed by atoms with Crippen LogP contribution in [0.1, 0.15) is 25.5 Å². The summed E-state index contributed by atoms with van der Waals surface area (Å²) in [6, 6.07) is 11.4. The van der Waals surface area contributed by atoms with Gasteiger partial charge in [-0.3, -0.25) is 4.90 Å². The van der Waals surface area contributed by atoms with Gasteiger partial charge in [0, 0.05) is 25.7 Å². The van der Waals surface area contributed by atoms with E-state index in [0.29, 0.717) is 12.1 Å². The second-order valence-corrected chi connectivity index (χ2v) is 4.70. The smallest absolute Gasteiger partial charge is 0.0615 e. The van der Waals surface area contributed by atoms with Crippen LogP contribution in [0, 0.1) is 0 Å². The third-order valence-corrected chi connectivity index (χ3v) is 3.37. The van der Waals surface area contributed by atoms with E-state index in [1.165, 1.54) is 5.56 Å². The van der Waals surface area contributed by atoms with Gasteiger partial charge in [-0.25, -0.2) is 0 Å². The SMILES string of the molecule is CCNCC(c1ccccc1)N(C)C(C)COC. The van der Waals surface area contributed by atoms with Gasteiger partial charge in [0.05, 0.1) is 6.61 Å². The Morgan fingerprint density at radius 2 is 1.94 bits per heavy atom. The lowest BCUT2D eigenvalue weighted by molar-refractivity contribution is 0.0885. The molecule has 2 atom stereocenters. The van der Waals surface area contributed by atoms with Crippen molar-refractivity contribution in [3.05, 3.63) is 35.9 Å². The summed E-state index contributed by atoms with van der Waals surface area (Å²) in [6.45, 7) is 7.05. The van der Waals surface area contributed by atoms with Crippen LogP contribution in [0.5, 0.6) is 0 Å². The van der Waals surface area contributed by atoms with Gasteiger partial charge in [0.25, 0.3) is 0 Å². The minimum atomic E-state index is 0.385. The molecule has 1 N–H and O–H groups in total. The van der Waals surface area contributed by atoms with E-state index < -0.39 is 0 Å². The molecule has 18 heavy (non-hydrogen) atoms. The lowest BCUT2D eigenvalue weighted by atomic mass is 10.0. The first-order valence-electron chi connectivity index (χ1n) is 6.67. The number of likely N-dealkylation sites (N-methyl/N-ethyl adjacent to an activating group) is 2. The fraction of sp³-hybridized carbons (Fsp3) is 0.600. The zero-order valence-electron chi connectivity index (χ0n) is 12.0. The van der Waals surface area contributed by atoms with Crippen molar-refractivity contribution < 1.29 is 4.74 Å². The second-order valence-electron chi connectivity index (χ2n) is 4.70. The largest absolute Gasteiger partial charge is 0.383 e. The molecule has 0 fully saturated rings. The highest BCUT2D eigenvalue weighted by molar-refractivity contribution is 5.19. The molecule has 1 rings (SSSR count). The van der Waals surface area contributed by atoms with Gasteiger partial charge in [0.15, 0.2) is 0 Å². The topological polar surface area (TPSA) is 24.5 Å². The minimum Gasteiger partial charge on any atom is -0.383 e. The zero-order valence-corrected chi connectivity index (χ0v) is 12.0. The fourth-order valence-electron chi connectivity index (χ4n) is 2.12. The van der Waals surface area contributed by atoms with E-state index in [4.69, 9.17) is 4.74 Å². The molecule has 0 aliphatic rings. The third kappa shape index (κ3) is 4.41. The van der Waals surface area contributed by atoms with E-state index >= 15 is 0 Å². The molecule has 1 aromatic rings. The molecule has 0 saturated heterocycles. The van der Waals surface area contributed by atoms with Crippen molar-refractivity contribution >= 4 is 0 Å². The normalized spacial score (nSPS) is 14.7.